The third kappa shape index (κ3) is 6.44. The average Bonchev–Trinajstić information content (AvgIpc) is 2.96. The number of rotatable bonds is 7. The summed E-state index contributed by atoms with van der Waals surface area (Å²) in [5.41, 5.74) is -2.26. The first-order valence-electron chi connectivity index (χ1n) is 15.9. The summed E-state index contributed by atoms with van der Waals surface area (Å²) in [6, 6.07) is 9.42. The lowest BCUT2D eigenvalue weighted by molar-refractivity contribution is -0.204. The standard InChI is InChI=1S/C36H49NO9/c1-20-26(40)18-36(43)33(45-23(4)39)31-21(2)27(46-29(41)17-25(37(8)9)24-13-11-10-12-14-24)15-16-35(31,7)19-28(44-22(3)38)32(42)30(20)34(36,5)6/h10-14,25,27-28,31-33,42-43H,2,15-19H2,1,3-9H3/t25?,27-,28+,31-,32-,33-,35-,36+/m0/s1. The van der Waals surface area contributed by atoms with Gasteiger partial charge in [0.25, 0.3) is 0 Å². The Balaban J connectivity index is 1.80. The summed E-state index contributed by atoms with van der Waals surface area (Å²) in [4.78, 5) is 54.0. The monoisotopic (exact) mass is 639 g/mol. The lowest BCUT2D eigenvalue weighted by atomic mass is 9.53. The number of carbonyl (C=O) groups excluding carboxylic acids is 4. The first-order valence-corrected chi connectivity index (χ1v) is 15.9. The second kappa shape index (κ2) is 13.0. The minimum absolute atomic E-state index is 0.0791. The van der Waals surface area contributed by atoms with Crippen molar-refractivity contribution in [3.63, 3.8) is 0 Å². The van der Waals surface area contributed by atoms with Gasteiger partial charge in [-0.3, -0.25) is 19.2 Å². The number of benzene rings is 1. The van der Waals surface area contributed by atoms with Crippen LogP contribution in [0.3, 0.4) is 0 Å². The quantitative estimate of drug-likeness (QED) is 0.253. The molecule has 0 saturated heterocycles. The normalized spacial score (nSPS) is 33.2. The highest BCUT2D eigenvalue weighted by atomic mass is 16.6. The van der Waals surface area contributed by atoms with E-state index in [0.717, 1.165) is 5.56 Å². The zero-order valence-electron chi connectivity index (χ0n) is 28.3. The number of allylic oxidation sites excluding steroid dienone is 1. The highest BCUT2D eigenvalue weighted by Crippen LogP contribution is 2.60. The van der Waals surface area contributed by atoms with E-state index in [1.807, 2.05) is 56.3 Å². The van der Waals surface area contributed by atoms with Gasteiger partial charge in [-0.2, -0.15) is 0 Å². The smallest absolute Gasteiger partial charge is 0.308 e. The Hall–Kier alpha value is -3.34. The number of hydrogen-bond acceptors (Lipinski definition) is 10. The topological polar surface area (TPSA) is 140 Å². The summed E-state index contributed by atoms with van der Waals surface area (Å²) in [5, 5.41) is 24.5. The van der Waals surface area contributed by atoms with Crippen molar-refractivity contribution in [3.05, 3.63) is 59.2 Å². The number of ketones is 1. The van der Waals surface area contributed by atoms with Crippen molar-refractivity contribution in [2.75, 3.05) is 14.1 Å². The van der Waals surface area contributed by atoms with Crippen LogP contribution in [0.15, 0.2) is 53.6 Å². The molecule has 0 heterocycles. The minimum Gasteiger partial charge on any atom is -0.459 e. The lowest BCUT2D eigenvalue weighted by Crippen LogP contribution is -2.64. The van der Waals surface area contributed by atoms with Crippen molar-refractivity contribution >= 4 is 23.7 Å². The number of Topliss-reactive ketones (excluding diaryl/α,β-unsaturated/α-hetero) is 1. The van der Waals surface area contributed by atoms with Gasteiger partial charge in [0.05, 0.1) is 6.42 Å². The molecular formula is C36H49NO9. The van der Waals surface area contributed by atoms with Gasteiger partial charge in [0, 0.05) is 37.6 Å². The molecule has 0 aromatic heterocycles. The van der Waals surface area contributed by atoms with Crippen LogP contribution in [0.5, 0.6) is 0 Å². The van der Waals surface area contributed by atoms with Crippen molar-refractivity contribution in [2.24, 2.45) is 16.7 Å². The fourth-order valence-corrected chi connectivity index (χ4v) is 8.21. The maximum Gasteiger partial charge on any atom is 0.308 e. The van der Waals surface area contributed by atoms with Crippen LogP contribution >= 0.6 is 0 Å². The van der Waals surface area contributed by atoms with E-state index in [0.29, 0.717) is 18.4 Å². The van der Waals surface area contributed by atoms with Crippen molar-refractivity contribution in [2.45, 2.75) is 110 Å². The molecule has 3 aliphatic rings. The van der Waals surface area contributed by atoms with E-state index in [4.69, 9.17) is 14.2 Å². The minimum atomic E-state index is -1.99. The Labute approximate surface area is 271 Å². The maximum atomic E-state index is 13.5. The second-order valence-corrected chi connectivity index (χ2v) is 14.3. The summed E-state index contributed by atoms with van der Waals surface area (Å²) in [5.74, 6) is -2.97. The largest absolute Gasteiger partial charge is 0.459 e. The summed E-state index contributed by atoms with van der Waals surface area (Å²) < 4.78 is 17.8. The van der Waals surface area contributed by atoms with Gasteiger partial charge < -0.3 is 29.3 Å². The first-order chi connectivity index (χ1) is 21.3. The number of aliphatic hydroxyl groups excluding tert-OH is 1. The molecule has 2 N–H and O–H groups in total. The number of ether oxygens (including phenoxy) is 3. The van der Waals surface area contributed by atoms with Gasteiger partial charge in [-0.05, 0) is 68.0 Å². The first kappa shape index (κ1) is 35.5. The second-order valence-electron chi connectivity index (χ2n) is 14.3. The zero-order chi connectivity index (χ0) is 34.4. The third-order valence-corrected chi connectivity index (χ3v) is 10.7. The predicted octanol–water partition coefficient (Wildman–Crippen LogP) is 4.24. The predicted molar refractivity (Wildman–Crippen MR) is 170 cm³/mol. The van der Waals surface area contributed by atoms with E-state index in [-0.39, 0.29) is 36.5 Å². The van der Waals surface area contributed by atoms with E-state index in [1.165, 1.54) is 13.8 Å². The van der Waals surface area contributed by atoms with Crippen molar-refractivity contribution < 1.29 is 43.6 Å². The molecule has 252 valence electrons. The molecule has 0 spiro atoms. The highest BCUT2D eigenvalue weighted by molar-refractivity contribution is 5.98. The molecule has 2 fully saturated rings. The van der Waals surface area contributed by atoms with Crippen molar-refractivity contribution in [3.8, 4) is 0 Å². The molecule has 3 aliphatic carbocycles. The summed E-state index contributed by atoms with van der Waals surface area (Å²) >= 11 is 0. The number of esters is 3. The molecule has 10 nitrogen and oxygen atoms in total. The van der Waals surface area contributed by atoms with Gasteiger partial charge in [-0.1, -0.05) is 57.7 Å². The fourth-order valence-electron chi connectivity index (χ4n) is 8.21. The van der Waals surface area contributed by atoms with E-state index >= 15 is 0 Å². The average molecular weight is 640 g/mol. The number of fused-ring (bicyclic) bond motifs is 3. The Bertz CT molecular complexity index is 1420. The van der Waals surface area contributed by atoms with Crippen LogP contribution in [0, 0.1) is 16.7 Å². The van der Waals surface area contributed by atoms with Crippen LogP contribution in [0.25, 0.3) is 0 Å². The maximum absolute atomic E-state index is 13.5. The summed E-state index contributed by atoms with van der Waals surface area (Å²) in [7, 11) is 3.78. The Morgan fingerprint density at radius 3 is 2.22 bits per heavy atom. The molecule has 8 atom stereocenters. The van der Waals surface area contributed by atoms with Crippen LogP contribution in [-0.4, -0.2) is 82.9 Å². The molecule has 1 unspecified atom stereocenters. The molecule has 4 rings (SSSR count). The molecule has 1 aromatic carbocycles. The van der Waals surface area contributed by atoms with Crippen LogP contribution in [0.4, 0.5) is 0 Å². The van der Waals surface area contributed by atoms with Gasteiger partial charge >= 0.3 is 17.9 Å². The lowest BCUT2D eigenvalue weighted by Gasteiger charge is -2.56. The van der Waals surface area contributed by atoms with Crippen LogP contribution in [0.2, 0.25) is 0 Å². The molecule has 10 heteroatoms. The third-order valence-electron chi connectivity index (χ3n) is 10.7. The fraction of sp³-hybridized carbons (Fsp3) is 0.611. The number of carbonyl (C=O) groups is 4. The van der Waals surface area contributed by atoms with Crippen molar-refractivity contribution in [1.82, 2.24) is 4.90 Å². The molecular weight excluding hydrogens is 590 g/mol. The van der Waals surface area contributed by atoms with Crippen LogP contribution in [0.1, 0.15) is 85.3 Å². The van der Waals surface area contributed by atoms with E-state index in [1.54, 1.807) is 20.8 Å². The molecule has 1 aromatic rings. The number of nitrogens with zero attached hydrogens (tertiary/aromatic N) is 1. The highest BCUT2D eigenvalue weighted by Gasteiger charge is 2.65. The summed E-state index contributed by atoms with van der Waals surface area (Å²) in [6.45, 7) is 13.7. The van der Waals surface area contributed by atoms with Gasteiger partial charge in [-0.25, -0.2) is 0 Å². The molecule has 0 amide bonds. The zero-order valence-corrected chi connectivity index (χ0v) is 28.3. The van der Waals surface area contributed by atoms with E-state index in [9.17, 15) is 29.4 Å². The van der Waals surface area contributed by atoms with Crippen LogP contribution < -0.4 is 0 Å². The number of hydrogen-bond donors (Lipinski definition) is 2. The van der Waals surface area contributed by atoms with Gasteiger partial charge in [0.2, 0.25) is 0 Å². The number of aliphatic hydroxyl groups is 2. The van der Waals surface area contributed by atoms with Gasteiger partial charge in [-0.15, -0.1) is 0 Å². The Kier molecular flexibility index (Phi) is 10.1. The molecule has 2 saturated carbocycles. The van der Waals surface area contributed by atoms with Gasteiger partial charge in [0.1, 0.15) is 30.0 Å². The molecule has 46 heavy (non-hydrogen) atoms. The molecule has 0 radical (unpaired) electrons. The Morgan fingerprint density at radius 2 is 1.65 bits per heavy atom. The SMILES string of the molecule is C=C1[C@@H](OC(=O)CC(c2ccccc2)N(C)C)CC[C@@]2(C)C[C@@H](OC(C)=O)[C@H](O)C3=C(C)C(=O)C[C@@](O)([C@@H](OC(C)=O)[C@H]12)C3(C)C. The Morgan fingerprint density at radius 1 is 1.04 bits per heavy atom. The van der Waals surface area contributed by atoms with Gasteiger partial charge in [0.15, 0.2) is 5.78 Å². The molecule has 0 aliphatic heterocycles. The van der Waals surface area contributed by atoms with E-state index in [2.05, 4.69) is 6.58 Å². The van der Waals surface area contributed by atoms with Crippen LogP contribution in [-0.2, 0) is 33.4 Å². The van der Waals surface area contributed by atoms with Crippen molar-refractivity contribution in [1.29, 1.82) is 0 Å². The molecule has 2 bridgehead atoms. The van der Waals surface area contributed by atoms with E-state index < -0.39 is 70.5 Å². The summed E-state index contributed by atoms with van der Waals surface area (Å²) in [6.07, 6.45) is -3.96.